The largest absolute Gasteiger partial charge is 0.508 e. The molecule has 0 aliphatic carbocycles. The fraction of sp³-hybridized carbons (Fsp3) is 0.400. The van der Waals surface area contributed by atoms with Crippen LogP contribution in [0.15, 0.2) is 6.07 Å². The molecule has 1 aromatic carbocycles. The molecular weight excluding hydrogens is 186 g/mol. The van der Waals surface area contributed by atoms with Gasteiger partial charge in [-0.05, 0) is 38.0 Å². The second-order valence-electron chi connectivity index (χ2n) is 3.35. The van der Waals surface area contributed by atoms with Crippen molar-refractivity contribution in [1.29, 1.82) is 0 Å². The SMILES string of the molecule is Cc1cc(O)c([C@H](C)N)c(C)c1Cl. The molecule has 0 saturated heterocycles. The fourth-order valence-electron chi connectivity index (χ4n) is 1.53. The Hall–Kier alpha value is -0.730. The molecule has 72 valence electrons. The van der Waals surface area contributed by atoms with Crippen molar-refractivity contribution >= 4 is 11.6 Å². The summed E-state index contributed by atoms with van der Waals surface area (Å²) in [5.74, 6) is 0.231. The van der Waals surface area contributed by atoms with Gasteiger partial charge in [-0.15, -0.1) is 0 Å². The summed E-state index contributed by atoms with van der Waals surface area (Å²) in [5.41, 5.74) is 8.19. The molecule has 0 aliphatic heterocycles. The number of hydrogen-bond acceptors (Lipinski definition) is 2. The normalized spacial score (nSPS) is 13.0. The van der Waals surface area contributed by atoms with Crippen LogP contribution in [0.3, 0.4) is 0 Å². The number of phenols is 1. The molecule has 0 heterocycles. The zero-order valence-electron chi connectivity index (χ0n) is 8.06. The molecular formula is C10H14ClNO. The van der Waals surface area contributed by atoms with Crippen molar-refractivity contribution < 1.29 is 5.11 Å². The Labute approximate surface area is 83.3 Å². The Morgan fingerprint density at radius 1 is 1.46 bits per heavy atom. The first-order valence-electron chi connectivity index (χ1n) is 4.19. The molecule has 0 saturated carbocycles. The molecule has 1 aromatic rings. The van der Waals surface area contributed by atoms with Crippen molar-refractivity contribution in [1.82, 2.24) is 0 Å². The monoisotopic (exact) mass is 199 g/mol. The molecule has 0 aliphatic rings. The zero-order chi connectivity index (χ0) is 10.2. The molecule has 1 rings (SSSR count). The van der Waals surface area contributed by atoms with Gasteiger partial charge in [0.1, 0.15) is 5.75 Å². The Kier molecular flexibility index (Phi) is 2.84. The molecule has 1 atom stereocenters. The van der Waals surface area contributed by atoms with E-state index in [0.29, 0.717) is 5.02 Å². The summed E-state index contributed by atoms with van der Waals surface area (Å²) in [4.78, 5) is 0. The highest BCUT2D eigenvalue weighted by Gasteiger charge is 2.13. The quantitative estimate of drug-likeness (QED) is 0.731. The van der Waals surface area contributed by atoms with Crippen LogP contribution in [0.5, 0.6) is 5.75 Å². The van der Waals surface area contributed by atoms with Crippen molar-refractivity contribution in [2.75, 3.05) is 0 Å². The molecule has 3 N–H and O–H groups in total. The van der Waals surface area contributed by atoms with E-state index in [1.807, 2.05) is 20.8 Å². The average Bonchev–Trinajstić information content (AvgIpc) is 1.99. The van der Waals surface area contributed by atoms with Crippen molar-refractivity contribution in [3.8, 4) is 5.75 Å². The number of halogens is 1. The van der Waals surface area contributed by atoms with Gasteiger partial charge in [0, 0.05) is 16.6 Å². The molecule has 0 spiro atoms. The molecule has 3 heteroatoms. The van der Waals surface area contributed by atoms with Crippen molar-refractivity contribution in [3.63, 3.8) is 0 Å². The lowest BCUT2D eigenvalue weighted by Crippen LogP contribution is -2.08. The van der Waals surface area contributed by atoms with E-state index >= 15 is 0 Å². The van der Waals surface area contributed by atoms with E-state index < -0.39 is 0 Å². The van der Waals surface area contributed by atoms with Gasteiger partial charge in [0.15, 0.2) is 0 Å². The topological polar surface area (TPSA) is 46.2 Å². The van der Waals surface area contributed by atoms with Crippen LogP contribution in [0.1, 0.15) is 29.7 Å². The van der Waals surface area contributed by atoms with E-state index in [-0.39, 0.29) is 11.8 Å². The average molecular weight is 200 g/mol. The third-order valence-electron chi connectivity index (χ3n) is 2.16. The maximum absolute atomic E-state index is 9.63. The number of nitrogens with two attached hydrogens (primary N) is 1. The Bertz CT molecular complexity index is 334. The second kappa shape index (κ2) is 3.56. The van der Waals surface area contributed by atoms with E-state index in [0.717, 1.165) is 16.7 Å². The van der Waals surface area contributed by atoms with Crippen LogP contribution in [0, 0.1) is 13.8 Å². The summed E-state index contributed by atoms with van der Waals surface area (Å²) < 4.78 is 0. The third-order valence-corrected chi connectivity index (χ3v) is 2.75. The van der Waals surface area contributed by atoms with E-state index in [4.69, 9.17) is 17.3 Å². The van der Waals surface area contributed by atoms with Crippen LogP contribution >= 0.6 is 11.6 Å². The molecule has 13 heavy (non-hydrogen) atoms. The summed E-state index contributed by atoms with van der Waals surface area (Å²) in [6, 6.07) is 1.45. The number of benzene rings is 1. The minimum absolute atomic E-state index is 0.196. The Morgan fingerprint density at radius 3 is 2.46 bits per heavy atom. The van der Waals surface area contributed by atoms with Crippen molar-refractivity contribution in [2.45, 2.75) is 26.8 Å². The predicted octanol–water partition coefficient (Wildman–Crippen LogP) is 2.68. The standard InChI is InChI=1S/C10H14ClNO/c1-5-4-8(13)9(7(3)12)6(2)10(5)11/h4,7,13H,12H2,1-3H3/t7-/m0/s1. The number of phenolic OH excluding ortho intramolecular Hbond substituents is 1. The highest BCUT2D eigenvalue weighted by Crippen LogP contribution is 2.33. The summed E-state index contributed by atoms with van der Waals surface area (Å²) in [7, 11) is 0. The van der Waals surface area contributed by atoms with Crippen LogP contribution in [0.4, 0.5) is 0 Å². The molecule has 0 unspecified atom stereocenters. The van der Waals surface area contributed by atoms with E-state index in [9.17, 15) is 5.11 Å². The molecule has 0 radical (unpaired) electrons. The second-order valence-corrected chi connectivity index (χ2v) is 3.73. The van der Waals surface area contributed by atoms with E-state index in [2.05, 4.69) is 0 Å². The minimum Gasteiger partial charge on any atom is -0.508 e. The maximum atomic E-state index is 9.63. The minimum atomic E-state index is -0.196. The molecule has 0 aromatic heterocycles. The van der Waals surface area contributed by atoms with Gasteiger partial charge in [-0.2, -0.15) is 0 Å². The van der Waals surface area contributed by atoms with Crippen LogP contribution in [-0.2, 0) is 0 Å². The van der Waals surface area contributed by atoms with Crippen molar-refractivity contribution in [3.05, 3.63) is 27.8 Å². The van der Waals surface area contributed by atoms with Crippen LogP contribution in [0.25, 0.3) is 0 Å². The van der Waals surface area contributed by atoms with Gasteiger partial charge in [0.05, 0.1) is 0 Å². The molecule has 0 bridgehead atoms. The van der Waals surface area contributed by atoms with Gasteiger partial charge >= 0.3 is 0 Å². The summed E-state index contributed by atoms with van der Waals surface area (Å²) in [6.07, 6.45) is 0. The first-order valence-corrected chi connectivity index (χ1v) is 4.57. The van der Waals surface area contributed by atoms with Gasteiger partial charge in [-0.3, -0.25) is 0 Å². The Balaban J connectivity index is 3.44. The zero-order valence-corrected chi connectivity index (χ0v) is 8.81. The summed E-state index contributed by atoms with van der Waals surface area (Å²) in [6.45, 7) is 5.56. The Morgan fingerprint density at radius 2 is 2.00 bits per heavy atom. The number of aryl methyl sites for hydroxylation is 1. The van der Waals surface area contributed by atoms with Gasteiger partial charge in [0.25, 0.3) is 0 Å². The van der Waals surface area contributed by atoms with Crippen LogP contribution in [0.2, 0.25) is 5.02 Å². The van der Waals surface area contributed by atoms with Gasteiger partial charge < -0.3 is 10.8 Å². The fourth-order valence-corrected chi connectivity index (χ4v) is 1.68. The summed E-state index contributed by atoms with van der Waals surface area (Å²) >= 11 is 6.03. The number of hydrogen-bond donors (Lipinski definition) is 2. The van der Waals surface area contributed by atoms with E-state index in [1.54, 1.807) is 6.07 Å². The van der Waals surface area contributed by atoms with Crippen molar-refractivity contribution in [2.24, 2.45) is 5.73 Å². The molecule has 0 amide bonds. The van der Waals surface area contributed by atoms with E-state index in [1.165, 1.54) is 0 Å². The number of aromatic hydroxyl groups is 1. The number of rotatable bonds is 1. The summed E-state index contributed by atoms with van der Waals surface area (Å²) in [5, 5.41) is 10.3. The first-order chi connectivity index (χ1) is 5.95. The smallest absolute Gasteiger partial charge is 0.120 e. The lowest BCUT2D eigenvalue weighted by molar-refractivity contribution is 0.462. The highest BCUT2D eigenvalue weighted by atomic mass is 35.5. The van der Waals surface area contributed by atoms with Gasteiger partial charge in [-0.1, -0.05) is 11.6 Å². The lowest BCUT2D eigenvalue weighted by atomic mass is 9.99. The molecule has 0 fully saturated rings. The van der Waals surface area contributed by atoms with Crippen LogP contribution < -0.4 is 5.73 Å². The maximum Gasteiger partial charge on any atom is 0.120 e. The first kappa shape index (κ1) is 10.4. The predicted molar refractivity (Wildman–Crippen MR) is 55.2 cm³/mol. The van der Waals surface area contributed by atoms with Gasteiger partial charge in [-0.25, -0.2) is 0 Å². The molecule has 2 nitrogen and oxygen atoms in total. The van der Waals surface area contributed by atoms with Crippen LogP contribution in [-0.4, -0.2) is 5.11 Å². The lowest BCUT2D eigenvalue weighted by Gasteiger charge is -2.14. The third kappa shape index (κ3) is 1.79. The van der Waals surface area contributed by atoms with Gasteiger partial charge in [0.2, 0.25) is 0 Å². The highest BCUT2D eigenvalue weighted by molar-refractivity contribution is 6.32.